The number of carbonyl (C=O) groups excluding carboxylic acids is 1. The van der Waals surface area contributed by atoms with Crippen molar-refractivity contribution >= 4 is 40.3 Å². The second-order valence-electron chi connectivity index (χ2n) is 7.04. The second-order valence-corrected chi connectivity index (χ2v) is 8.05. The van der Waals surface area contributed by atoms with E-state index in [-0.39, 0.29) is 5.91 Å². The molecular weight excluding hydrogens is 382 g/mol. The molecule has 150 valence electrons. The first-order chi connectivity index (χ1) is 14.2. The maximum Gasteiger partial charge on any atom is 0.266 e. The molecule has 1 amide bonds. The first-order valence-electron chi connectivity index (χ1n) is 9.97. The normalized spacial score (nSPS) is 19.6. The Balaban J connectivity index is 1.54. The third-order valence-electron chi connectivity index (χ3n) is 5.16. The molecule has 2 aromatic rings. The Hall–Kier alpha value is -2.73. The molecule has 2 heterocycles. The van der Waals surface area contributed by atoms with Gasteiger partial charge in [-0.25, -0.2) is 4.99 Å². The summed E-state index contributed by atoms with van der Waals surface area (Å²) in [6.45, 7) is 4.82. The largest absolute Gasteiger partial charge is 0.497 e. The molecule has 2 aliphatic heterocycles. The van der Waals surface area contributed by atoms with E-state index in [1.165, 1.54) is 30.3 Å². The summed E-state index contributed by atoms with van der Waals surface area (Å²) >= 11 is 1.43. The van der Waals surface area contributed by atoms with Crippen LogP contribution >= 0.6 is 11.8 Å². The quantitative estimate of drug-likeness (QED) is 0.660. The molecule has 0 radical (unpaired) electrons. The van der Waals surface area contributed by atoms with Crippen LogP contribution in [0.1, 0.15) is 25.3 Å². The summed E-state index contributed by atoms with van der Waals surface area (Å²) in [5.41, 5.74) is 3.09. The fourth-order valence-electron chi connectivity index (χ4n) is 3.55. The minimum Gasteiger partial charge on any atom is -0.497 e. The van der Waals surface area contributed by atoms with Gasteiger partial charge in [-0.05, 0) is 79.6 Å². The number of anilines is 1. The van der Waals surface area contributed by atoms with Crippen molar-refractivity contribution in [3.05, 3.63) is 59.0 Å². The minimum atomic E-state index is 0.00776. The molecule has 0 unspecified atom stereocenters. The highest BCUT2D eigenvalue weighted by Gasteiger charge is 2.32. The zero-order chi connectivity index (χ0) is 20.2. The Kier molecular flexibility index (Phi) is 5.90. The molecule has 29 heavy (non-hydrogen) atoms. The lowest BCUT2D eigenvalue weighted by Crippen LogP contribution is -2.28. The van der Waals surface area contributed by atoms with Gasteiger partial charge in [-0.15, -0.1) is 0 Å². The van der Waals surface area contributed by atoms with Crippen molar-refractivity contribution in [2.24, 2.45) is 4.99 Å². The summed E-state index contributed by atoms with van der Waals surface area (Å²) in [6, 6.07) is 16.0. The molecular formula is C23H25N3O2S. The van der Waals surface area contributed by atoms with Crippen molar-refractivity contribution in [3.63, 3.8) is 0 Å². The summed E-state index contributed by atoms with van der Waals surface area (Å²) in [4.78, 5) is 22.4. The third-order valence-corrected chi connectivity index (χ3v) is 6.17. The van der Waals surface area contributed by atoms with Gasteiger partial charge >= 0.3 is 0 Å². The van der Waals surface area contributed by atoms with Crippen molar-refractivity contribution in [1.29, 1.82) is 0 Å². The molecule has 0 saturated carbocycles. The lowest BCUT2D eigenvalue weighted by molar-refractivity contribution is -0.122. The molecule has 0 bridgehead atoms. The fourth-order valence-corrected chi connectivity index (χ4v) is 4.61. The summed E-state index contributed by atoms with van der Waals surface area (Å²) in [5, 5.41) is 0.711. The monoisotopic (exact) mass is 407 g/mol. The highest BCUT2D eigenvalue weighted by molar-refractivity contribution is 8.18. The first kappa shape index (κ1) is 19.6. The number of nitrogens with zero attached hydrogens (tertiary/aromatic N) is 3. The summed E-state index contributed by atoms with van der Waals surface area (Å²) < 4.78 is 5.19. The molecule has 0 aromatic heterocycles. The van der Waals surface area contributed by atoms with E-state index < -0.39 is 0 Å². The number of likely N-dealkylation sites (N-methyl/N-ethyl adjacent to an activating group) is 1. The number of aliphatic imine (C=N–C) groups is 1. The molecule has 0 spiro atoms. The molecule has 2 fully saturated rings. The Labute approximate surface area is 176 Å². The maximum absolute atomic E-state index is 12.8. The summed E-state index contributed by atoms with van der Waals surface area (Å²) in [6.07, 6.45) is 4.49. The highest BCUT2D eigenvalue weighted by atomic mass is 32.2. The molecule has 0 N–H and O–H groups in total. The van der Waals surface area contributed by atoms with Crippen LogP contribution in [0.4, 0.5) is 11.4 Å². The lowest BCUT2D eigenvalue weighted by atomic mass is 10.2. The van der Waals surface area contributed by atoms with Gasteiger partial charge in [0.1, 0.15) is 5.75 Å². The molecule has 5 nitrogen and oxygen atoms in total. The Morgan fingerprint density at radius 2 is 1.76 bits per heavy atom. The predicted octanol–water partition coefficient (Wildman–Crippen LogP) is 4.92. The number of amidine groups is 1. The van der Waals surface area contributed by atoms with Gasteiger partial charge in [0, 0.05) is 25.3 Å². The van der Waals surface area contributed by atoms with Crippen LogP contribution in [-0.4, -0.2) is 42.7 Å². The van der Waals surface area contributed by atoms with Gasteiger partial charge < -0.3 is 9.64 Å². The van der Waals surface area contributed by atoms with Crippen LogP contribution in [0, 0.1) is 0 Å². The van der Waals surface area contributed by atoms with E-state index in [4.69, 9.17) is 4.74 Å². The van der Waals surface area contributed by atoms with Crippen molar-refractivity contribution in [3.8, 4) is 5.75 Å². The number of thioether (sulfide) groups is 1. The van der Waals surface area contributed by atoms with E-state index in [0.717, 1.165) is 30.1 Å². The molecule has 2 aromatic carbocycles. The molecule has 0 aliphatic carbocycles. The minimum absolute atomic E-state index is 0.00776. The third kappa shape index (κ3) is 4.32. The summed E-state index contributed by atoms with van der Waals surface area (Å²) in [5.74, 6) is 0.794. The van der Waals surface area contributed by atoms with Crippen molar-refractivity contribution in [1.82, 2.24) is 4.90 Å². The van der Waals surface area contributed by atoms with Crippen molar-refractivity contribution in [2.45, 2.75) is 19.8 Å². The molecule has 0 atom stereocenters. The molecule has 6 heteroatoms. The molecule has 2 aliphatic rings. The zero-order valence-electron chi connectivity index (χ0n) is 16.8. The van der Waals surface area contributed by atoms with Gasteiger partial charge in [0.15, 0.2) is 5.17 Å². The number of hydrogen-bond donors (Lipinski definition) is 0. The van der Waals surface area contributed by atoms with Crippen LogP contribution in [0.2, 0.25) is 0 Å². The number of rotatable bonds is 5. The van der Waals surface area contributed by atoms with Gasteiger partial charge in [0.25, 0.3) is 5.91 Å². The number of benzene rings is 2. The average molecular weight is 408 g/mol. The van der Waals surface area contributed by atoms with Crippen LogP contribution in [0.3, 0.4) is 0 Å². The Bertz CT molecular complexity index is 930. The van der Waals surface area contributed by atoms with Gasteiger partial charge in [0.2, 0.25) is 0 Å². The van der Waals surface area contributed by atoms with Gasteiger partial charge in [0.05, 0.1) is 17.7 Å². The SMILES string of the molecule is CCN1C(=O)/C(=C/c2ccc(N3CCCC3)cc2)SC1=Nc1ccc(OC)cc1. The van der Waals surface area contributed by atoms with E-state index >= 15 is 0 Å². The van der Waals surface area contributed by atoms with Crippen LogP contribution in [0.25, 0.3) is 6.08 Å². The lowest BCUT2D eigenvalue weighted by Gasteiger charge is -2.17. The van der Waals surface area contributed by atoms with Crippen LogP contribution in [0.15, 0.2) is 58.4 Å². The van der Waals surface area contributed by atoms with Crippen LogP contribution < -0.4 is 9.64 Å². The van der Waals surface area contributed by atoms with Gasteiger partial charge in [-0.3, -0.25) is 9.69 Å². The highest BCUT2D eigenvalue weighted by Crippen LogP contribution is 2.34. The first-order valence-corrected chi connectivity index (χ1v) is 10.8. The average Bonchev–Trinajstić information content (AvgIpc) is 3.38. The Morgan fingerprint density at radius 3 is 2.38 bits per heavy atom. The van der Waals surface area contributed by atoms with E-state index in [2.05, 4.69) is 34.2 Å². The van der Waals surface area contributed by atoms with Crippen LogP contribution in [-0.2, 0) is 4.79 Å². The smallest absolute Gasteiger partial charge is 0.266 e. The molecule has 4 rings (SSSR count). The van der Waals surface area contributed by atoms with Crippen molar-refractivity contribution < 1.29 is 9.53 Å². The Morgan fingerprint density at radius 1 is 1.07 bits per heavy atom. The van der Waals surface area contributed by atoms with Gasteiger partial charge in [-0.1, -0.05) is 12.1 Å². The number of hydrogen-bond acceptors (Lipinski definition) is 5. The van der Waals surface area contributed by atoms with E-state index in [0.29, 0.717) is 16.6 Å². The maximum atomic E-state index is 12.8. The number of methoxy groups -OCH3 is 1. The van der Waals surface area contributed by atoms with E-state index in [9.17, 15) is 4.79 Å². The topological polar surface area (TPSA) is 45.1 Å². The summed E-state index contributed by atoms with van der Waals surface area (Å²) in [7, 11) is 1.64. The van der Waals surface area contributed by atoms with Crippen LogP contribution in [0.5, 0.6) is 5.75 Å². The molecule has 2 saturated heterocycles. The number of carbonyl (C=O) groups is 1. The predicted molar refractivity (Wildman–Crippen MR) is 121 cm³/mol. The number of amides is 1. The fraction of sp³-hybridized carbons (Fsp3) is 0.304. The van der Waals surface area contributed by atoms with Crippen molar-refractivity contribution in [2.75, 3.05) is 31.6 Å². The standard InChI is InChI=1S/C23H25N3O2S/c1-3-26-22(27)21(29-23(26)24-18-8-12-20(28-2)13-9-18)16-17-6-10-19(11-7-17)25-14-4-5-15-25/h6-13,16H,3-5,14-15H2,1-2H3/b21-16-,24-23?. The van der Waals surface area contributed by atoms with E-state index in [1.807, 2.05) is 37.3 Å². The van der Waals surface area contributed by atoms with E-state index in [1.54, 1.807) is 12.0 Å². The zero-order valence-corrected chi connectivity index (χ0v) is 17.6. The number of ether oxygens (including phenoxy) is 1. The van der Waals surface area contributed by atoms with Gasteiger partial charge in [-0.2, -0.15) is 0 Å². The second kappa shape index (κ2) is 8.74.